The van der Waals surface area contributed by atoms with Gasteiger partial charge in [0.15, 0.2) is 0 Å². The molecule has 6 heteroatoms. The number of methoxy groups -OCH3 is 1. The Hall–Kier alpha value is -2.57. The molecular formula is C24H32N2O4. The minimum absolute atomic E-state index is 0.244. The van der Waals surface area contributed by atoms with Gasteiger partial charge < -0.3 is 19.5 Å². The van der Waals surface area contributed by atoms with Crippen molar-refractivity contribution >= 4 is 11.7 Å². The molecule has 0 bridgehead atoms. The van der Waals surface area contributed by atoms with Crippen molar-refractivity contribution < 1.29 is 19.4 Å². The van der Waals surface area contributed by atoms with E-state index in [9.17, 15) is 9.90 Å². The van der Waals surface area contributed by atoms with E-state index in [2.05, 4.69) is 46.6 Å². The average Bonchev–Trinajstić information content (AvgIpc) is 2.74. The fraction of sp³-hybridized carbons (Fsp3) is 0.458. The van der Waals surface area contributed by atoms with Crippen molar-refractivity contribution in [3.8, 4) is 5.75 Å². The van der Waals surface area contributed by atoms with Crippen LogP contribution in [0.15, 0.2) is 42.5 Å². The van der Waals surface area contributed by atoms with Crippen LogP contribution in [-0.2, 0) is 16.0 Å². The molecular weight excluding hydrogens is 380 g/mol. The van der Waals surface area contributed by atoms with Gasteiger partial charge in [0.1, 0.15) is 18.5 Å². The predicted molar refractivity (Wildman–Crippen MR) is 118 cm³/mol. The number of aryl methyl sites for hydroxylation is 2. The quantitative estimate of drug-likeness (QED) is 0.673. The molecule has 1 N–H and O–H groups in total. The smallest absolute Gasteiger partial charge is 0.309 e. The normalized spacial score (nSPS) is 15.7. The minimum atomic E-state index is -0.549. The number of rotatable bonds is 8. The van der Waals surface area contributed by atoms with Gasteiger partial charge in [0.25, 0.3) is 0 Å². The van der Waals surface area contributed by atoms with Gasteiger partial charge in [-0.2, -0.15) is 0 Å². The SMILES string of the molecule is COC(=O)Cc1ccc(OCC(O)CN2CCN(c3ccc(C)cc3C)CC2)cc1. The van der Waals surface area contributed by atoms with E-state index in [1.54, 1.807) is 0 Å². The maximum Gasteiger partial charge on any atom is 0.309 e. The second-order valence-corrected chi connectivity index (χ2v) is 7.94. The number of piperazine rings is 1. The number of carbonyl (C=O) groups excluding carboxylic acids is 1. The lowest BCUT2D eigenvalue weighted by molar-refractivity contribution is -0.139. The Bertz CT molecular complexity index is 830. The Labute approximate surface area is 179 Å². The van der Waals surface area contributed by atoms with Gasteiger partial charge in [-0.15, -0.1) is 0 Å². The first-order valence-electron chi connectivity index (χ1n) is 10.5. The summed E-state index contributed by atoms with van der Waals surface area (Å²) in [7, 11) is 1.38. The molecule has 0 radical (unpaired) electrons. The average molecular weight is 413 g/mol. The third kappa shape index (κ3) is 6.21. The molecule has 0 spiro atoms. The number of ether oxygens (including phenoxy) is 2. The van der Waals surface area contributed by atoms with Gasteiger partial charge in [0, 0.05) is 38.4 Å². The summed E-state index contributed by atoms with van der Waals surface area (Å²) < 4.78 is 10.4. The summed E-state index contributed by atoms with van der Waals surface area (Å²) in [6.45, 7) is 8.89. The van der Waals surface area contributed by atoms with Crippen LogP contribution in [0.1, 0.15) is 16.7 Å². The zero-order valence-electron chi connectivity index (χ0n) is 18.1. The first-order chi connectivity index (χ1) is 14.4. The number of carbonyl (C=O) groups is 1. The van der Waals surface area contributed by atoms with Crippen LogP contribution >= 0.6 is 0 Å². The number of benzene rings is 2. The molecule has 0 saturated carbocycles. The highest BCUT2D eigenvalue weighted by Gasteiger charge is 2.20. The van der Waals surface area contributed by atoms with Crippen molar-refractivity contribution in [3.05, 3.63) is 59.2 Å². The van der Waals surface area contributed by atoms with E-state index < -0.39 is 6.10 Å². The fourth-order valence-electron chi connectivity index (χ4n) is 3.82. The molecule has 1 unspecified atom stereocenters. The summed E-state index contributed by atoms with van der Waals surface area (Å²) in [5.74, 6) is 0.416. The first kappa shape index (κ1) is 22.1. The van der Waals surface area contributed by atoms with E-state index in [-0.39, 0.29) is 19.0 Å². The Morgan fingerprint density at radius 3 is 2.40 bits per heavy atom. The molecule has 2 aromatic rings. The lowest BCUT2D eigenvalue weighted by atomic mass is 10.1. The molecule has 1 aliphatic heterocycles. The van der Waals surface area contributed by atoms with Crippen LogP contribution < -0.4 is 9.64 Å². The van der Waals surface area contributed by atoms with Gasteiger partial charge in [-0.05, 0) is 43.2 Å². The minimum Gasteiger partial charge on any atom is -0.491 e. The fourth-order valence-corrected chi connectivity index (χ4v) is 3.82. The molecule has 1 fully saturated rings. The molecule has 1 aliphatic rings. The molecule has 0 aromatic heterocycles. The van der Waals surface area contributed by atoms with Crippen LogP contribution in [0.2, 0.25) is 0 Å². The van der Waals surface area contributed by atoms with E-state index in [0.29, 0.717) is 12.3 Å². The molecule has 1 saturated heterocycles. The highest BCUT2D eigenvalue weighted by atomic mass is 16.5. The van der Waals surface area contributed by atoms with Gasteiger partial charge in [0.2, 0.25) is 0 Å². The molecule has 3 rings (SSSR count). The van der Waals surface area contributed by atoms with Crippen molar-refractivity contribution in [1.29, 1.82) is 0 Å². The highest BCUT2D eigenvalue weighted by molar-refractivity contribution is 5.72. The summed E-state index contributed by atoms with van der Waals surface area (Å²) in [5, 5.41) is 10.4. The molecule has 1 atom stereocenters. The van der Waals surface area contributed by atoms with E-state index in [4.69, 9.17) is 4.74 Å². The lowest BCUT2D eigenvalue weighted by Gasteiger charge is -2.37. The molecule has 0 aliphatic carbocycles. The van der Waals surface area contributed by atoms with E-state index in [1.807, 2.05) is 24.3 Å². The van der Waals surface area contributed by atoms with Crippen molar-refractivity contribution in [2.24, 2.45) is 0 Å². The Kier molecular flexibility index (Phi) is 7.71. The third-order valence-corrected chi connectivity index (χ3v) is 5.48. The maximum absolute atomic E-state index is 11.3. The van der Waals surface area contributed by atoms with Crippen LogP contribution in [0.5, 0.6) is 5.75 Å². The summed E-state index contributed by atoms with van der Waals surface area (Å²) in [6, 6.07) is 13.9. The maximum atomic E-state index is 11.3. The molecule has 1 heterocycles. The molecule has 162 valence electrons. The first-order valence-corrected chi connectivity index (χ1v) is 10.5. The van der Waals surface area contributed by atoms with Crippen LogP contribution in [0.4, 0.5) is 5.69 Å². The second-order valence-electron chi connectivity index (χ2n) is 7.94. The number of aliphatic hydroxyl groups excluding tert-OH is 1. The van der Waals surface area contributed by atoms with Crippen LogP contribution in [0.25, 0.3) is 0 Å². The van der Waals surface area contributed by atoms with Gasteiger partial charge >= 0.3 is 5.97 Å². The monoisotopic (exact) mass is 412 g/mol. The number of β-amino-alcohol motifs (C(OH)–C–C–N with tert-alkyl or cyclic N) is 1. The summed E-state index contributed by atoms with van der Waals surface area (Å²) in [4.78, 5) is 16.0. The van der Waals surface area contributed by atoms with Crippen LogP contribution in [-0.4, -0.2) is 68.5 Å². The number of hydrogen-bond donors (Lipinski definition) is 1. The summed E-state index contributed by atoms with van der Waals surface area (Å²) in [6.07, 6.45) is -0.305. The van der Waals surface area contributed by atoms with E-state index >= 15 is 0 Å². The Balaban J connectivity index is 1.40. The van der Waals surface area contributed by atoms with Crippen molar-refractivity contribution in [1.82, 2.24) is 4.90 Å². The standard InChI is InChI=1S/C24H32N2O4/c1-18-4-9-23(19(2)14-18)26-12-10-25(11-13-26)16-21(27)17-30-22-7-5-20(6-8-22)15-24(28)29-3/h4-9,14,21,27H,10-13,15-17H2,1-3H3. The van der Waals surface area contributed by atoms with E-state index in [0.717, 1.165) is 31.7 Å². The van der Waals surface area contributed by atoms with Crippen molar-refractivity contribution in [3.63, 3.8) is 0 Å². The van der Waals surface area contributed by atoms with Crippen molar-refractivity contribution in [2.75, 3.05) is 51.3 Å². The highest BCUT2D eigenvalue weighted by Crippen LogP contribution is 2.22. The predicted octanol–water partition coefficient (Wildman–Crippen LogP) is 2.58. The van der Waals surface area contributed by atoms with E-state index in [1.165, 1.54) is 23.9 Å². The second kappa shape index (κ2) is 10.5. The molecule has 2 aromatic carbocycles. The molecule has 0 amide bonds. The number of hydrogen-bond acceptors (Lipinski definition) is 6. The molecule has 6 nitrogen and oxygen atoms in total. The Morgan fingerprint density at radius 1 is 1.07 bits per heavy atom. The van der Waals surface area contributed by atoms with Crippen LogP contribution in [0.3, 0.4) is 0 Å². The van der Waals surface area contributed by atoms with Gasteiger partial charge in [0.05, 0.1) is 13.5 Å². The number of aliphatic hydroxyl groups is 1. The van der Waals surface area contributed by atoms with Crippen LogP contribution in [0, 0.1) is 13.8 Å². The summed E-state index contributed by atoms with van der Waals surface area (Å²) in [5.41, 5.74) is 4.78. The molecule has 30 heavy (non-hydrogen) atoms. The van der Waals surface area contributed by atoms with Crippen molar-refractivity contribution in [2.45, 2.75) is 26.4 Å². The zero-order valence-corrected chi connectivity index (χ0v) is 18.1. The lowest BCUT2D eigenvalue weighted by Crippen LogP contribution is -2.49. The topological polar surface area (TPSA) is 62.2 Å². The number of nitrogens with zero attached hydrogens (tertiary/aromatic N) is 2. The zero-order chi connectivity index (χ0) is 21.5. The number of anilines is 1. The van der Waals surface area contributed by atoms with Gasteiger partial charge in [-0.3, -0.25) is 9.69 Å². The Morgan fingerprint density at radius 2 is 1.77 bits per heavy atom. The van der Waals surface area contributed by atoms with Gasteiger partial charge in [-0.1, -0.05) is 29.8 Å². The van der Waals surface area contributed by atoms with Gasteiger partial charge in [-0.25, -0.2) is 0 Å². The number of esters is 1. The third-order valence-electron chi connectivity index (χ3n) is 5.48. The largest absolute Gasteiger partial charge is 0.491 e. The summed E-state index contributed by atoms with van der Waals surface area (Å²) >= 11 is 0.